The highest BCUT2D eigenvalue weighted by Crippen LogP contribution is 2.20. The third kappa shape index (κ3) is 7.05. The highest BCUT2D eigenvalue weighted by atomic mass is 16.5. The highest BCUT2D eigenvalue weighted by Gasteiger charge is 2.25. The van der Waals surface area contributed by atoms with E-state index in [4.69, 9.17) is 4.74 Å². The van der Waals surface area contributed by atoms with Gasteiger partial charge in [0.1, 0.15) is 0 Å². The van der Waals surface area contributed by atoms with Crippen LogP contribution in [0.2, 0.25) is 0 Å². The maximum Gasteiger partial charge on any atom is 0.0750 e. The van der Waals surface area contributed by atoms with Crippen LogP contribution in [0.25, 0.3) is 0 Å². The summed E-state index contributed by atoms with van der Waals surface area (Å²) >= 11 is 0. The number of hydrogen-bond acceptors (Lipinski definition) is 2. The fourth-order valence-corrected chi connectivity index (χ4v) is 2.61. The van der Waals surface area contributed by atoms with E-state index < -0.39 is 0 Å². The Kier molecular flexibility index (Phi) is 9.85. The van der Waals surface area contributed by atoms with Gasteiger partial charge in [-0.05, 0) is 31.7 Å². The van der Waals surface area contributed by atoms with Crippen LogP contribution in [0.15, 0.2) is 0 Å². The Morgan fingerprint density at radius 1 is 1.06 bits per heavy atom. The van der Waals surface area contributed by atoms with Crippen molar-refractivity contribution in [1.82, 2.24) is 5.32 Å². The van der Waals surface area contributed by atoms with Crippen LogP contribution in [0.1, 0.15) is 60.8 Å². The molecule has 0 aliphatic rings. The van der Waals surface area contributed by atoms with Crippen LogP contribution in [0.5, 0.6) is 0 Å². The molecular formula is C15H33NO. The molecule has 0 radical (unpaired) electrons. The third-order valence-corrected chi connectivity index (χ3v) is 3.32. The van der Waals surface area contributed by atoms with E-state index in [-0.39, 0.29) is 0 Å². The standard InChI is InChI=1S/C15H33NO/c1-7-10-13(6)11-14(16-8-2)15(12(4)5)17-9-3/h12-16H,7-11H2,1-6H3. The molecule has 0 bridgehead atoms. The zero-order valence-electron chi connectivity index (χ0n) is 12.8. The smallest absolute Gasteiger partial charge is 0.0750 e. The lowest BCUT2D eigenvalue weighted by Gasteiger charge is -2.32. The van der Waals surface area contributed by atoms with Gasteiger partial charge in [0, 0.05) is 12.6 Å². The lowest BCUT2D eigenvalue weighted by Crippen LogP contribution is -2.45. The SMILES string of the molecule is CCCC(C)CC(NCC)C(OCC)C(C)C. The number of rotatable bonds is 10. The van der Waals surface area contributed by atoms with Crippen LogP contribution in [-0.2, 0) is 4.74 Å². The predicted molar refractivity (Wildman–Crippen MR) is 76.4 cm³/mol. The number of likely N-dealkylation sites (N-methyl/N-ethyl adjacent to an activating group) is 1. The van der Waals surface area contributed by atoms with E-state index >= 15 is 0 Å². The molecule has 0 aliphatic heterocycles. The van der Waals surface area contributed by atoms with Gasteiger partial charge in [0.05, 0.1) is 6.10 Å². The van der Waals surface area contributed by atoms with E-state index in [9.17, 15) is 0 Å². The zero-order chi connectivity index (χ0) is 13.3. The van der Waals surface area contributed by atoms with Crippen molar-refractivity contribution in [1.29, 1.82) is 0 Å². The van der Waals surface area contributed by atoms with Gasteiger partial charge in [-0.3, -0.25) is 0 Å². The molecule has 0 saturated carbocycles. The normalized spacial score (nSPS) is 17.1. The molecule has 2 nitrogen and oxygen atoms in total. The Balaban J connectivity index is 4.43. The second kappa shape index (κ2) is 9.90. The summed E-state index contributed by atoms with van der Waals surface area (Å²) in [6.45, 7) is 15.3. The molecule has 1 N–H and O–H groups in total. The van der Waals surface area contributed by atoms with Gasteiger partial charge in [-0.1, -0.05) is 47.5 Å². The van der Waals surface area contributed by atoms with Crippen molar-refractivity contribution in [2.45, 2.75) is 73.0 Å². The molecule has 3 atom stereocenters. The number of ether oxygens (including phenoxy) is 1. The van der Waals surface area contributed by atoms with Crippen molar-refractivity contribution in [2.75, 3.05) is 13.2 Å². The van der Waals surface area contributed by atoms with Crippen molar-refractivity contribution >= 4 is 0 Å². The lowest BCUT2D eigenvalue weighted by atomic mass is 9.89. The molecular weight excluding hydrogens is 210 g/mol. The molecule has 0 aromatic heterocycles. The first-order chi connectivity index (χ1) is 8.06. The Labute approximate surface area is 109 Å². The van der Waals surface area contributed by atoms with E-state index in [2.05, 4.69) is 46.9 Å². The monoisotopic (exact) mass is 243 g/mol. The Hall–Kier alpha value is -0.0800. The minimum Gasteiger partial charge on any atom is -0.377 e. The first-order valence-electron chi connectivity index (χ1n) is 7.41. The summed E-state index contributed by atoms with van der Waals surface area (Å²) in [6.07, 6.45) is 4.17. The predicted octanol–water partition coefficient (Wildman–Crippen LogP) is 3.85. The number of hydrogen-bond donors (Lipinski definition) is 1. The van der Waals surface area contributed by atoms with Crippen molar-refractivity contribution in [2.24, 2.45) is 11.8 Å². The second-order valence-corrected chi connectivity index (χ2v) is 5.46. The van der Waals surface area contributed by atoms with Crippen LogP contribution in [0, 0.1) is 11.8 Å². The van der Waals surface area contributed by atoms with Crippen LogP contribution in [-0.4, -0.2) is 25.3 Å². The highest BCUT2D eigenvalue weighted by molar-refractivity contribution is 4.81. The fraction of sp³-hybridized carbons (Fsp3) is 1.00. The zero-order valence-corrected chi connectivity index (χ0v) is 12.8. The van der Waals surface area contributed by atoms with Crippen molar-refractivity contribution in [3.05, 3.63) is 0 Å². The van der Waals surface area contributed by atoms with E-state index in [1.807, 2.05) is 0 Å². The fourth-order valence-electron chi connectivity index (χ4n) is 2.61. The molecule has 0 aromatic rings. The van der Waals surface area contributed by atoms with E-state index in [1.54, 1.807) is 0 Å². The van der Waals surface area contributed by atoms with Gasteiger partial charge >= 0.3 is 0 Å². The summed E-state index contributed by atoms with van der Waals surface area (Å²) in [5, 5.41) is 3.61. The van der Waals surface area contributed by atoms with E-state index in [1.165, 1.54) is 19.3 Å². The van der Waals surface area contributed by atoms with Gasteiger partial charge in [-0.15, -0.1) is 0 Å². The topological polar surface area (TPSA) is 21.3 Å². The van der Waals surface area contributed by atoms with Crippen molar-refractivity contribution < 1.29 is 4.74 Å². The second-order valence-electron chi connectivity index (χ2n) is 5.46. The minimum absolute atomic E-state index is 0.347. The van der Waals surface area contributed by atoms with E-state index in [0.29, 0.717) is 18.1 Å². The Bertz CT molecular complexity index is 170. The molecule has 0 aliphatic carbocycles. The molecule has 17 heavy (non-hydrogen) atoms. The summed E-state index contributed by atoms with van der Waals surface area (Å²) in [6, 6.07) is 0.501. The van der Waals surface area contributed by atoms with Gasteiger partial charge in [-0.2, -0.15) is 0 Å². The summed E-state index contributed by atoms with van der Waals surface area (Å²) in [5.74, 6) is 1.36. The summed E-state index contributed by atoms with van der Waals surface area (Å²) < 4.78 is 5.93. The van der Waals surface area contributed by atoms with Gasteiger partial charge in [0.2, 0.25) is 0 Å². The summed E-state index contributed by atoms with van der Waals surface area (Å²) in [5.41, 5.74) is 0. The van der Waals surface area contributed by atoms with Gasteiger partial charge in [0.25, 0.3) is 0 Å². The molecule has 104 valence electrons. The van der Waals surface area contributed by atoms with Gasteiger partial charge in [-0.25, -0.2) is 0 Å². The molecule has 2 heteroatoms. The molecule has 0 spiro atoms. The van der Waals surface area contributed by atoms with E-state index in [0.717, 1.165) is 19.1 Å². The average molecular weight is 243 g/mol. The van der Waals surface area contributed by atoms with Gasteiger partial charge in [0.15, 0.2) is 0 Å². The molecule has 0 saturated heterocycles. The third-order valence-electron chi connectivity index (χ3n) is 3.32. The molecule has 0 amide bonds. The molecule has 3 unspecified atom stereocenters. The molecule has 0 fully saturated rings. The molecule has 0 heterocycles. The van der Waals surface area contributed by atoms with Crippen molar-refractivity contribution in [3.63, 3.8) is 0 Å². The Morgan fingerprint density at radius 2 is 1.71 bits per heavy atom. The van der Waals surface area contributed by atoms with Gasteiger partial charge < -0.3 is 10.1 Å². The van der Waals surface area contributed by atoms with Crippen molar-refractivity contribution in [3.8, 4) is 0 Å². The van der Waals surface area contributed by atoms with Crippen LogP contribution < -0.4 is 5.32 Å². The maximum absolute atomic E-state index is 5.93. The minimum atomic E-state index is 0.347. The Morgan fingerprint density at radius 3 is 2.12 bits per heavy atom. The lowest BCUT2D eigenvalue weighted by molar-refractivity contribution is -0.00176. The quantitative estimate of drug-likeness (QED) is 0.629. The maximum atomic E-state index is 5.93. The molecule has 0 rings (SSSR count). The van der Waals surface area contributed by atoms with Crippen LogP contribution >= 0.6 is 0 Å². The summed E-state index contributed by atoms with van der Waals surface area (Å²) in [7, 11) is 0. The largest absolute Gasteiger partial charge is 0.377 e. The first-order valence-corrected chi connectivity index (χ1v) is 7.41. The summed E-state index contributed by atoms with van der Waals surface area (Å²) in [4.78, 5) is 0. The van der Waals surface area contributed by atoms with Crippen LogP contribution in [0.4, 0.5) is 0 Å². The number of nitrogens with one attached hydrogen (secondary N) is 1. The first kappa shape index (κ1) is 16.9. The molecule has 0 aromatic carbocycles. The van der Waals surface area contributed by atoms with Crippen LogP contribution in [0.3, 0.4) is 0 Å². The average Bonchev–Trinajstić information content (AvgIpc) is 2.25.